The highest BCUT2D eigenvalue weighted by atomic mass is 16.4. The van der Waals surface area contributed by atoms with Crippen molar-refractivity contribution < 1.29 is 34.2 Å². The number of nitrogens with one attached hydrogen (secondary N) is 4. The van der Waals surface area contributed by atoms with E-state index in [1.54, 1.807) is 30.3 Å². The van der Waals surface area contributed by atoms with Gasteiger partial charge in [0.15, 0.2) is 0 Å². The number of nitrogens with zero attached hydrogens (tertiary/aromatic N) is 1. The Bertz CT molecular complexity index is 1060. The van der Waals surface area contributed by atoms with Gasteiger partial charge in [-0.3, -0.25) is 19.2 Å². The zero-order valence-corrected chi connectivity index (χ0v) is 19.9. The number of aliphatic hydroxyl groups is 1. The average molecular weight is 518 g/mol. The van der Waals surface area contributed by atoms with E-state index in [4.69, 9.17) is 16.6 Å². The molecule has 14 nitrogen and oxygen atoms in total. The van der Waals surface area contributed by atoms with Crippen LogP contribution in [0.1, 0.15) is 24.1 Å². The summed E-state index contributed by atoms with van der Waals surface area (Å²) in [5, 5.41) is 25.4. The topological polar surface area (TPSA) is 243 Å². The molecule has 4 unspecified atom stereocenters. The third-order valence-corrected chi connectivity index (χ3v) is 5.36. The van der Waals surface area contributed by atoms with Gasteiger partial charge < -0.3 is 42.6 Å². The van der Waals surface area contributed by atoms with Gasteiger partial charge in [-0.25, -0.2) is 9.78 Å². The number of rotatable bonds is 15. The minimum atomic E-state index is -1.62. The largest absolute Gasteiger partial charge is 0.480 e. The van der Waals surface area contributed by atoms with Gasteiger partial charge in [0.1, 0.15) is 18.1 Å². The molecule has 0 saturated heterocycles. The number of carboxylic acid groups (broad SMARTS) is 1. The van der Waals surface area contributed by atoms with E-state index in [9.17, 15) is 29.1 Å². The lowest BCUT2D eigenvalue weighted by molar-refractivity contribution is -0.143. The molecule has 37 heavy (non-hydrogen) atoms. The van der Waals surface area contributed by atoms with Crippen molar-refractivity contribution in [1.29, 1.82) is 0 Å². The number of amides is 4. The molecular weight excluding hydrogens is 486 g/mol. The second-order valence-corrected chi connectivity index (χ2v) is 8.29. The molecule has 0 radical (unpaired) electrons. The van der Waals surface area contributed by atoms with Gasteiger partial charge in [0.25, 0.3) is 0 Å². The highest BCUT2D eigenvalue weighted by Crippen LogP contribution is 2.07. The van der Waals surface area contributed by atoms with Crippen molar-refractivity contribution in [3.63, 3.8) is 0 Å². The van der Waals surface area contributed by atoms with Crippen LogP contribution in [0.15, 0.2) is 42.9 Å². The number of primary amides is 1. The molecule has 1 aromatic heterocycles. The maximum absolute atomic E-state index is 13.2. The molecule has 4 amide bonds. The van der Waals surface area contributed by atoms with Crippen LogP contribution >= 0.6 is 0 Å². The Kier molecular flexibility index (Phi) is 11.2. The highest BCUT2D eigenvalue weighted by molar-refractivity contribution is 5.94. The van der Waals surface area contributed by atoms with E-state index >= 15 is 0 Å². The first kappa shape index (κ1) is 28.9. The number of H-pyrrole nitrogens is 1. The number of hydrogen-bond donors (Lipinski definition) is 8. The molecule has 2 aromatic rings. The fourth-order valence-corrected chi connectivity index (χ4v) is 3.35. The van der Waals surface area contributed by atoms with Gasteiger partial charge in [-0.2, -0.15) is 0 Å². The predicted molar refractivity (Wildman–Crippen MR) is 129 cm³/mol. The smallest absolute Gasteiger partial charge is 0.328 e. The number of aromatic nitrogens is 2. The molecule has 14 heteroatoms. The molecule has 0 fully saturated rings. The van der Waals surface area contributed by atoms with Gasteiger partial charge in [-0.15, -0.1) is 0 Å². The van der Waals surface area contributed by atoms with E-state index < -0.39 is 60.4 Å². The number of aliphatic hydroxyl groups excluding tert-OH is 1. The zero-order chi connectivity index (χ0) is 27.4. The Morgan fingerprint density at radius 1 is 0.919 bits per heavy atom. The Hall–Kier alpha value is -4.30. The minimum absolute atomic E-state index is 0.0493. The van der Waals surface area contributed by atoms with E-state index in [1.807, 2.05) is 0 Å². The van der Waals surface area contributed by atoms with Gasteiger partial charge in [0, 0.05) is 31.2 Å². The molecule has 10 N–H and O–H groups in total. The van der Waals surface area contributed by atoms with Crippen molar-refractivity contribution in [2.75, 3.05) is 6.61 Å². The van der Waals surface area contributed by atoms with Crippen LogP contribution in [0.3, 0.4) is 0 Å². The molecule has 0 saturated carbocycles. The number of benzene rings is 1. The number of imidazole rings is 1. The SMILES string of the molecule is NC(=O)CCC(NC(=O)C(Cc1ccccc1)NC(=O)C(N)Cc1cnc[nH]1)C(=O)NC(CO)C(=O)O. The molecule has 0 spiro atoms. The van der Waals surface area contributed by atoms with Gasteiger partial charge >= 0.3 is 5.97 Å². The standard InChI is InChI=1S/C23H31N7O7/c24-15(9-14-10-26-12-27-14)20(33)29-17(8-13-4-2-1-3-5-13)22(35)28-16(6-7-19(25)32)21(34)30-18(11-31)23(36)37/h1-5,10,12,15-18,31H,6-9,11,24H2,(H2,25,32)(H,26,27)(H,28,35)(H,29,33)(H,30,34)(H,36,37). The summed E-state index contributed by atoms with van der Waals surface area (Å²) in [5.41, 5.74) is 12.5. The third-order valence-electron chi connectivity index (χ3n) is 5.36. The van der Waals surface area contributed by atoms with Gasteiger partial charge in [0.05, 0.1) is 19.0 Å². The minimum Gasteiger partial charge on any atom is -0.480 e. The summed E-state index contributed by atoms with van der Waals surface area (Å²) in [7, 11) is 0. The molecule has 0 aliphatic heterocycles. The first-order chi connectivity index (χ1) is 17.6. The number of carboxylic acids is 1. The summed E-state index contributed by atoms with van der Waals surface area (Å²) in [6, 6.07) is 3.59. The number of hydrogen-bond acceptors (Lipinski definition) is 8. The Morgan fingerprint density at radius 3 is 2.11 bits per heavy atom. The van der Waals surface area contributed by atoms with Crippen LogP contribution in [0, 0.1) is 0 Å². The average Bonchev–Trinajstić information content (AvgIpc) is 3.37. The quantitative estimate of drug-likeness (QED) is 0.122. The van der Waals surface area contributed by atoms with Crippen molar-refractivity contribution in [1.82, 2.24) is 25.9 Å². The molecule has 2 rings (SSSR count). The van der Waals surface area contributed by atoms with Crippen LogP contribution in [-0.2, 0) is 36.8 Å². The van der Waals surface area contributed by atoms with E-state index in [0.717, 1.165) is 0 Å². The van der Waals surface area contributed by atoms with Gasteiger partial charge in [0.2, 0.25) is 23.6 Å². The number of carbonyl (C=O) groups excluding carboxylic acids is 4. The van der Waals surface area contributed by atoms with Gasteiger partial charge in [-0.1, -0.05) is 30.3 Å². The number of aromatic amines is 1. The van der Waals surface area contributed by atoms with Crippen LogP contribution in [0.2, 0.25) is 0 Å². The first-order valence-electron chi connectivity index (χ1n) is 11.4. The van der Waals surface area contributed by atoms with Crippen LogP contribution in [0.5, 0.6) is 0 Å². The van der Waals surface area contributed by atoms with Crippen LogP contribution in [-0.4, -0.2) is 80.6 Å². The Labute approximate surface area is 212 Å². The van der Waals surface area contributed by atoms with Crippen molar-refractivity contribution in [2.24, 2.45) is 11.5 Å². The van der Waals surface area contributed by atoms with E-state index in [-0.39, 0.29) is 25.7 Å². The summed E-state index contributed by atoms with van der Waals surface area (Å²) in [6.45, 7) is -0.890. The Balaban J connectivity index is 2.20. The molecule has 4 atom stereocenters. The number of carbonyl (C=O) groups is 5. The first-order valence-corrected chi connectivity index (χ1v) is 11.4. The second kappa shape index (κ2) is 14.3. The van der Waals surface area contributed by atoms with E-state index in [1.165, 1.54) is 12.5 Å². The fraction of sp³-hybridized carbons (Fsp3) is 0.391. The second-order valence-electron chi connectivity index (χ2n) is 8.29. The monoisotopic (exact) mass is 517 g/mol. The lowest BCUT2D eigenvalue weighted by Crippen LogP contribution is -2.58. The Morgan fingerprint density at radius 2 is 1.54 bits per heavy atom. The summed E-state index contributed by atoms with van der Waals surface area (Å²) in [6.07, 6.45) is 2.60. The molecule has 1 heterocycles. The van der Waals surface area contributed by atoms with Crippen LogP contribution < -0.4 is 27.4 Å². The van der Waals surface area contributed by atoms with Crippen molar-refractivity contribution >= 4 is 29.6 Å². The number of aliphatic carboxylic acids is 1. The fourth-order valence-electron chi connectivity index (χ4n) is 3.35. The summed E-state index contributed by atoms with van der Waals surface area (Å²) in [5.74, 6) is -4.59. The third kappa shape index (κ3) is 9.70. The lowest BCUT2D eigenvalue weighted by Gasteiger charge is -2.25. The van der Waals surface area contributed by atoms with Crippen molar-refractivity contribution in [3.8, 4) is 0 Å². The lowest BCUT2D eigenvalue weighted by atomic mass is 10.0. The molecule has 0 aliphatic carbocycles. The maximum Gasteiger partial charge on any atom is 0.328 e. The summed E-state index contributed by atoms with van der Waals surface area (Å²) in [4.78, 5) is 67.9. The normalized spacial score (nSPS) is 14.0. The van der Waals surface area contributed by atoms with Crippen LogP contribution in [0.4, 0.5) is 0 Å². The zero-order valence-electron chi connectivity index (χ0n) is 19.9. The molecular formula is C23H31N7O7. The predicted octanol–water partition coefficient (Wildman–Crippen LogP) is -2.68. The maximum atomic E-state index is 13.2. The summed E-state index contributed by atoms with van der Waals surface area (Å²) < 4.78 is 0. The van der Waals surface area contributed by atoms with E-state index in [2.05, 4.69) is 25.9 Å². The molecule has 0 aliphatic rings. The van der Waals surface area contributed by atoms with Gasteiger partial charge in [-0.05, 0) is 12.0 Å². The number of nitrogens with two attached hydrogens (primary N) is 2. The molecule has 200 valence electrons. The molecule has 0 bridgehead atoms. The van der Waals surface area contributed by atoms with E-state index in [0.29, 0.717) is 11.3 Å². The highest BCUT2D eigenvalue weighted by Gasteiger charge is 2.30. The van der Waals surface area contributed by atoms with Crippen LogP contribution in [0.25, 0.3) is 0 Å². The summed E-state index contributed by atoms with van der Waals surface area (Å²) >= 11 is 0. The molecule has 1 aromatic carbocycles. The van der Waals surface area contributed by atoms with Crippen molar-refractivity contribution in [3.05, 3.63) is 54.1 Å². The van der Waals surface area contributed by atoms with Crippen molar-refractivity contribution in [2.45, 2.75) is 49.9 Å².